The number of furan rings is 1. The molecule has 1 unspecified atom stereocenters. The summed E-state index contributed by atoms with van der Waals surface area (Å²) in [4.78, 5) is 24.4. The largest absolute Gasteiger partial charge is 0.464 e. The van der Waals surface area contributed by atoms with E-state index in [0.717, 1.165) is 11.6 Å². The van der Waals surface area contributed by atoms with Gasteiger partial charge in [0.05, 0.1) is 11.3 Å². The number of hydrogen-bond acceptors (Lipinski definition) is 5. The minimum atomic E-state index is -0.976. The second-order valence-electron chi connectivity index (χ2n) is 5.52. The van der Waals surface area contributed by atoms with Crippen LogP contribution in [0.1, 0.15) is 11.0 Å². The molecule has 0 bridgehead atoms. The van der Waals surface area contributed by atoms with E-state index in [4.69, 9.17) is 16.0 Å². The number of nitrogens with one attached hydrogen (secondary N) is 2. The first-order valence-electron chi connectivity index (χ1n) is 7.78. The second kappa shape index (κ2) is 8.34. The lowest BCUT2D eigenvalue weighted by Gasteiger charge is -2.10. The Morgan fingerprint density at radius 2 is 2.07 bits per heavy atom. The van der Waals surface area contributed by atoms with Crippen molar-refractivity contribution in [2.24, 2.45) is 0 Å². The van der Waals surface area contributed by atoms with E-state index in [1.807, 2.05) is 5.38 Å². The van der Waals surface area contributed by atoms with Crippen molar-refractivity contribution in [2.45, 2.75) is 6.10 Å². The Labute approximate surface area is 162 Å². The van der Waals surface area contributed by atoms with Gasteiger partial charge in [-0.05, 0) is 36.4 Å². The number of thiophene rings is 1. The molecule has 1 aromatic carbocycles. The Bertz CT molecular complexity index is 958. The molecule has 0 aliphatic heterocycles. The zero-order chi connectivity index (χ0) is 19.4. The first-order chi connectivity index (χ1) is 12.9. The van der Waals surface area contributed by atoms with Crippen molar-refractivity contribution in [1.82, 2.24) is 5.32 Å². The highest BCUT2D eigenvalue weighted by Crippen LogP contribution is 2.29. The molecule has 140 valence electrons. The van der Waals surface area contributed by atoms with Gasteiger partial charge in [0.1, 0.15) is 17.7 Å². The molecule has 1 atom stereocenters. The molecule has 0 saturated carbocycles. The van der Waals surface area contributed by atoms with Gasteiger partial charge in [0.25, 0.3) is 0 Å². The smallest absolute Gasteiger partial charge is 0.313 e. The van der Waals surface area contributed by atoms with Gasteiger partial charge in [-0.25, -0.2) is 4.39 Å². The maximum Gasteiger partial charge on any atom is 0.313 e. The Morgan fingerprint density at radius 1 is 1.26 bits per heavy atom. The molecule has 0 aliphatic carbocycles. The molecule has 3 aromatic rings. The standard InChI is InChI=1S/C18H14ClFN2O4S/c19-12-7-11(3-4-13(12)20)22-18(25)17(24)21-8-14(23)16-6-10(9-27-16)15-2-1-5-26-15/h1-7,9,14,23H,8H2,(H,21,24)(H,22,25). The first-order valence-corrected chi connectivity index (χ1v) is 9.04. The fraction of sp³-hybridized carbons (Fsp3) is 0.111. The normalized spacial score (nSPS) is 11.8. The van der Waals surface area contributed by atoms with E-state index in [9.17, 15) is 19.1 Å². The van der Waals surface area contributed by atoms with Crippen LogP contribution in [0.3, 0.4) is 0 Å². The van der Waals surface area contributed by atoms with Crippen molar-refractivity contribution in [3.8, 4) is 11.3 Å². The first kappa shape index (κ1) is 19.1. The highest BCUT2D eigenvalue weighted by atomic mass is 35.5. The summed E-state index contributed by atoms with van der Waals surface area (Å²) in [5, 5.41) is 16.5. The Morgan fingerprint density at radius 3 is 2.78 bits per heavy atom. The highest BCUT2D eigenvalue weighted by Gasteiger charge is 2.18. The van der Waals surface area contributed by atoms with E-state index >= 15 is 0 Å². The average molecular weight is 409 g/mol. The average Bonchev–Trinajstić information content (AvgIpc) is 3.33. The van der Waals surface area contributed by atoms with Crippen LogP contribution in [0.15, 0.2) is 52.5 Å². The van der Waals surface area contributed by atoms with Crippen LogP contribution in [0.5, 0.6) is 0 Å². The summed E-state index contributed by atoms with van der Waals surface area (Å²) in [6, 6.07) is 8.86. The summed E-state index contributed by atoms with van der Waals surface area (Å²) in [7, 11) is 0. The molecule has 0 saturated heterocycles. The number of aliphatic hydroxyl groups is 1. The summed E-state index contributed by atoms with van der Waals surface area (Å²) in [6.45, 7) is -0.144. The van der Waals surface area contributed by atoms with Crippen molar-refractivity contribution < 1.29 is 23.5 Å². The van der Waals surface area contributed by atoms with Gasteiger partial charge in [-0.2, -0.15) is 0 Å². The van der Waals surface area contributed by atoms with Crippen LogP contribution in [0.4, 0.5) is 10.1 Å². The van der Waals surface area contributed by atoms with E-state index in [1.54, 1.807) is 24.5 Å². The van der Waals surface area contributed by atoms with Gasteiger partial charge in [-0.3, -0.25) is 9.59 Å². The monoisotopic (exact) mass is 408 g/mol. The van der Waals surface area contributed by atoms with E-state index in [-0.39, 0.29) is 17.3 Å². The van der Waals surface area contributed by atoms with E-state index < -0.39 is 23.7 Å². The van der Waals surface area contributed by atoms with Gasteiger partial charge in [-0.1, -0.05) is 11.6 Å². The maximum atomic E-state index is 13.1. The quantitative estimate of drug-likeness (QED) is 0.562. The SMILES string of the molecule is O=C(NCC(O)c1cc(-c2ccco2)cs1)C(=O)Nc1ccc(F)c(Cl)c1. The van der Waals surface area contributed by atoms with Crippen molar-refractivity contribution >= 4 is 40.4 Å². The van der Waals surface area contributed by atoms with Crippen molar-refractivity contribution in [3.05, 3.63) is 63.8 Å². The Hall–Kier alpha value is -2.68. The third kappa shape index (κ3) is 4.73. The van der Waals surface area contributed by atoms with Crippen molar-refractivity contribution in [3.63, 3.8) is 0 Å². The minimum absolute atomic E-state index is 0.144. The molecular weight excluding hydrogens is 395 g/mol. The van der Waals surface area contributed by atoms with E-state index in [1.165, 1.54) is 23.5 Å². The molecule has 0 fully saturated rings. The number of halogens is 2. The van der Waals surface area contributed by atoms with Gasteiger partial charge in [-0.15, -0.1) is 11.3 Å². The van der Waals surface area contributed by atoms with E-state index in [0.29, 0.717) is 10.6 Å². The lowest BCUT2D eigenvalue weighted by atomic mass is 10.2. The molecule has 2 amide bonds. The third-order valence-corrected chi connectivity index (χ3v) is 4.92. The van der Waals surface area contributed by atoms with Gasteiger partial charge < -0.3 is 20.2 Å². The lowest BCUT2D eigenvalue weighted by Crippen LogP contribution is -2.37. The molecule has 0 aliphatic rings. The molecule has 3 rings (SSSR count). The van der Waals surface area contributed by atoms with Gasteiger partial charge >= 0.3 is 11.8 Å². The van der Waals surface area contributed by atoms with Gasteiger partial charge in [0.2, 0.25) is 0 Å². The number of aliphatic hydroxyl groups excluding tert-OH is 1. The van der Waals surface area contributed by atoms with Crippen LogP contribution in [0, 0.1) is 5.82 Å². The van der Waals surface area contributed by atoms with Gasteiger partial charge in [0, 0.05) is 28.1 Å². The number of benzene rings is 1. The van der Waals surface area contributed by atoms with Crippen LogP contribution in [0.2, 0.25) is 5.02 Å². The molecule has 27 heavy (non-hydrogen) atoms. The molecule has 2 heterocycles. The van der Waals surface area contributed by atoms with Crippen LogP contribution in [-0.2, 0) is 9.59 Å². The highest BCUT2D eigenvalue weighted by molar-refractivity contribution is 7.10. The summed E-state index contributed by atoms with van der Waals surface area (Å²) in [5.41, 5.74) is 1.000. The predicted octanol–water partition coefficient (Wildman–Crippen LogP) is 3.59. The Kier molecular flexibility index (Phi) is 5.90. The zero-order valence-corrected chi connectivity index (χ0v) is 15.3. The van der Waals surface area contributed by atoms with Crippen LogP contribution in [-0.4, -0.2) is 23.5 Å². The summed E-state index contributed by atoms with van der Waals surface area (Å²) in [6.07, 6.45) is 0.576. The van der Waals surface area contributed by atoms with E-state index in [2.05, 4.69) is 10.6 Å². The molecule has 2 aromatic heterocycles. The minimum Gasteiger partial charge on any atom is -0.464 e. The van der Waals surface area contributed by atoms with Crippen molar-refractivity contribution in [2.75, 3.05) is 11.9 Å². The third-order valence-electron chi connectivity index (χ3n) is 3.59. The molecule has 3 N–H and O–H groups in total. The fourth-order valence-corrected chi connectivity index (χ4v) is 3.29. The van der Waals surface area contributed by atoms with Crippen molar-refractivity contribution in [1.29, 1.82) is 0 Å². The molecule has 0 radical (unpaired) electrons. The molecule has 0 spiro atoms. The molecular formula is C18H14ClFN2O4S. The number of carbonyl (C=O) groups excluding carboxylic acids is 2. The molecule has 9 heteroatoms. The molecule has 6 nitrogen and oxygen atoms in total. The summed E-state index contributed by atoms with van der Waals surface area (Å²) in [5.74, 6) is -1.84. The second-order valence-corrected chi connectivity index (χ2v) is 6.87. The van der Waals surface area contributed by atoms with Crippen LogP contribution >= 0.6 is 22.9 Å². The van der Waals surface area contributed by atoms with Crippen LogP contribution < -0.4 is 10.6 Å². The van der Waals surface area contributed by atoms with Gasteiger partial charge in [0.15, 0.2) is 0 Å². The van der Waals surface area contributed by atoms with Crippen LogP contribution in [0.25, 0.3) is 11.3 Å². The topological polar surface area (TPSA) is 91.6 Å². The number of rotatable bonds is 5. The Balaban J connectivity index is 1.53. The number of carbonyl (C=O) groups is 2. The number of anilines is 1. The fourth-order valence-electron chi connectivity index (χ4n) is 2.23. The predicted molar refractivity (Wildman–Crippen MR) is 100 cm³/mol. The summed E-state index contributed by atoms with van der Waals surface area (Å²) >= 11 is 6.93. The number of amides is 2. The lowest BCUT2D eigenvalue weighted by molar-refractivity contribution is -0.136. The zero-order valence-electron chi connectivity index (χ0n) is 13.7. The number of hydrogen-bond donors (Lipinski definition) is 3. The maximum absolute atomic E-state index is 13.1. The summed E-state index contributed by atoms with van der Waals surface area (Å²) < 4.78 is 18.4.